The van der Waals surface area contributed by atoms with Crippen LogP contribution in [-0.2, 0) is 45.5 Å². The fourth-order valence-corrected chi connectivity index (χ4v) is 8.42. The number of carbonyl (C=O) groups excluding carboxylic acids is 2. The zero-order valence-electron chi connectivity index (χ0n) is 39.4. The van der Waals surface area contributed by atoms with Crippen LogP contribution >= 0.6 is 7.82 Å². The van der Waals surface area contributed by atoms with Crippen molar-refractivity contribution in [3.8, 4) is 0 Å². The Balaban J connectivity index is 1.75. The van der Waals surface area contributed by atoms with Gasteiger partial charge in [-0.2, -0.15) is 0 Å². The molecule has 0 bridgehead atoms. The van der Waals surface area contributed by atoms with Crippen LogP contribution in [0.25, 0.3) is 0 Å². The second-order valence-electron chi connectivity index (χ2n) is 18.3. The lowest BCUT2D eigenvalue weighted by atomic mass is 9.89. The first-order valence-electron chi connectivity index (χ1n) is 23.7. The molecule has 2 rings (SSSR count). The van der Waals surface area contributed by atoms with Gasteiger partial charge in [0.15, 0.2) is 6.10 Å². The van der Waals surface area contributed by atoms with Gasteiger partial charge in [-0.25, -0.2) is 0 Å². The molecule has 1 saturated carbocycles. The topological polar surface area (TPSA) is 185 Å². The standard InChI is InChI=1S/C48H84NO12P/c1-8-10-19-25-39(50)30-31-42-41(43(51)34-44(42)52)26-20-17-18-22-28-47(53)57-35-40(36-59-62(55,56)58-33-32-49(5,6)7)60-48(54)29-23-16-14-12-11-13-15-21-27-46-38(4)37(3)45(61-46)24-9-2/h17,20,30-31,39-44,50-52H,8-16,18-19,21-29,32-36H2,1-7H3/b20-17+,31-30+/t39-,40+,41+,42+,43-,44+/m0/s1. The van der Waals surface area contributed by atoms with Gasteiger partial charge in [0.25, 0.3) is 7.82 Å². The normalized spacial score (nSPS) is 20.2. The number of ether oxygens (including phenoxy) is 2. The van der Waals surface area contributed by atoms with E-state index in [1.54, 1.807) is 6.08 Å². The summed E-state index contributed by atoms with van der Waals surface area (Å²) in [7, 11) is 1.01. The molecule has 14 heteroatoms. The summed E-state index contributed by atoms with van der Waals surface area (Å²) in [4.78, 5) is 37.9. The molecule has 3 N–H and O–H groups in total. The van der Waals surface area contributed by atoms with Crippen molar-refractivity contribution in [2.24, 2.45) is 11.8 Å². The maximum Gasteiger partial charge on any atom is 0.306 e. The number of carbonyl (C=O) groups is 2. The van der Waals surface area contributed by atoms with Crippen molar-refractivity contribution in [2.75, 3.05) is 47.5 Å². The quantitative estimate of drug-likeness (QED) is 0.0194. The Labute approximate surface area is 373 Å². The van der Waals surface area contributed by atoms with Gasteiger partial charge in [0.05, 0.1) is 46.1 Å². The van der Waals surface area contributed by atoms with Crippen LogP contribution in [0.2, 0.25) is 0 Å². The molecule has 0 radical (unpaired) electrons. The van der Waals surface area contributed by atoms with Gasteiger partial charge in [0, 0.05) is 38.0 Å². The van der Waals surface area contributed by atoms with E-state index in [4.69, 9.17) is 22.9 Å². The summed E-state index contributed by atoms with van der Waals surface area (Å²) >= 11 is 0. The average molecular weight is 898 g/mol. The van der Waals surface area contributed by atoms with E-state index >= 15 is 0 Å². The fourth-order valence-electron chi connectivity index (χ4n) is 7.70. The molecule has 1 aromatic rings. The third kappa shape index (κ3) is 24.1. The molecule has 1 aliphatic carbocycles. The number of esters is 2. The first-order valence-corrected chi connectivity index (χ1v) is 25.1. The van der Waals surface area contributed by atoms with E-state index in [-0.39, 0.29) is 44.3 Å². The van der Waals surface area contributed by atoms with Crippen LogP contribution in [0.1, 0.15) is 158 Å². The van der Waals surface area contributed by atoms with Crippen molar-refractivity contribution in [3.63, 3.8) is 0 Å². The van der Waals surface area contributed by atoms with E-state index in [9.17, 15) is 34.4 Å². The number of phosphoric ester groups is 1. The van der Waals surface area contributed by atoms with Gasteiger partial charge in [0.1, 0.15) is 31.3 Å². The molecule has 13 nitrogen and oxygen atoms in total. The number of hydrogen-bond donors (Lipinski definition) is 3. The number of furan rings is 1. The van der Waals surface area contributed by atoms with Gasteiger partial charge in [-0.05, 0) is 75.8 Å². The van der Waals surface area contributed by atoms with E-state index < -0.39 is 50.8 Å². The summed E-state index contributed by atoms with van der Waals surface area (Å²) in [6.45, 7) is 8.04. The molecule has 1 aliphatic rings. The summed E-state index contributed by atoms with van der Waals surface area (Å²) in [5.41, 5.74) is 2.59. The molecular weight excluding hydrogens is 813 g/mol. The molecule has 0 spiro atoms. The zero-order chi connectivity index (χ0) is 46.0. The zero-order valence-corrected chi connectivity index (χ0v) is 40.3. The Morgan fingerprint density at radius 1 is 0.823 bits per heavy atom. The van der Waals surface area contributed by atoms with Crippen LogP contribution in [0.5, 0.6) is 0 Å². The lowest BCUT2D eigenvalue weighted by molar-refractivity contribution is -0.870. The van der Waals surface area contributed by atoms with E-state index in [0.717, 1.165) is 95.0 Å². The second kappa shape index (κ2) is 30.7. The number of allylic oxidation sites excluding steroid dienone is 2. The summed E-state index contributed by atoms with van der Waals surface area (Å²) in [6, 6.07) is 0. The summed E-state index contributed by atoms with van der Waals surface area (Å²) in [5.74, 6) is 0.797. The summed E-state index contributed by atoms with van der Waals surface area (Å²) in [6.07, 6.45) is 21.5. The van der Waals surface area contributed by atoms with E-state index in [1.807, 2.05) is 39.4 Å². The van der Waals surface area contributed by atoms with Crippen LogP contribution in [0, 0.1) is 25.7 Å². The number of likely N-dealkylation sites (N-methyl/N-ethyl adjacent to an activating group) is 1. The molecule has 1 heterocycles. The predicted octanol–water partition coefficient (Wildman–Crippen LogP) is 8.54. The molecular formula is C48H84NO12P. The monoisotopic (exact) mass is 898 g/mol. The molecule has 62 heavy (non-hydrogen) atoms. The maximum atomic E-state index is 12.8. The van der Waals surface area contributed by atoms with Gasteiger partial charge in [-0.15, -0.1) is 0 Å². The molecule has 0 aliphatic heterocycles. The van der Waals surface area contributed by atoms with Crippen molar-refractivity contribution in [1.29, 1.82) is 0 Å². The van der Waals surface area contributed by atoms with Crippen LogP contribution in [0.4, 0.5) is 0 Å². The van der Waals surface area contributed by atoms with Crippen LogP contribution in [-0.4, -0.2) is 104 Å². The Morgan fingerprint density at radius 2 is 1.47 bits per heavy atom. The first-order chi connectivity index (χ1) is 29.5. The smallest absolute Gasteiger partial charge is 0.306 e. The van der Waals surface area contributed by atoms with E-state index in [1.165, 1.54) is 11.1 Å². The fraction of sp³-hybridized carbons (Fsp3) is 0.792. The number of unbranched alkanes of at least 4 members (excludes halogenated alkanes) is 10. The van der Waals surface area contributed by atoms with Crippen LogP contribution < -0.4 is 4.89 Å². The number of hydrogen-bond acceptors (Lipinski definition) is 12. The number of quaternary nitrogens is 1. The Morgan fingerprint density at radius 3 is 2.13 bits per heavy atom. The van der Waals surface area contributed by atoms with Crippen molar-refractivity contribution < 1.29 is 61.8 Å². The number of phosphoric acid groups is 1. The highest BCUT2D eigenvalue weighted by Crippen LogP contribution is 2.39. The summed E-state index contributed by atoms with van der Waals surface area (Å²) < 4.78 is 40.1. The molecule has 0 amide bonds. The first kappa shape index (κ1) is 55.8. The van der Waals surface area contributed by atoms with Crippen LogP contribution in [0.15, 0.2) is 28.7 Å². The van der Waals surface area contributed by atoms with Crippen molar-refractivity contribution in [1.82, 2.24) is 0 Å². The largest absolute Gasteiger partial charge is 0.756 e. The lowest BCUT2D eigenvalue weighted by Gasteiger charge is -2.28. The Hall–Kier alpha value is -2.35. The molecule has 1 aromatic heterocycles. The van der Waals surface area contributed by atoms with E-state index in [2.05, 4.69) is 27.7 Å². The number of aryl methyl sites for hydroxylation is 2. The van der Waals surface area contributed by atoms with Gasteiger partial charge in [-0.3, -0.25) is 14.2 Å². The predicted molar refractivity (Wildman–Crippen MR) is 241 cm³/mol. The molecule has 0 aromatic carbocycles. The molecule has 358 valence electrons. The van der Waals surface area contributed by atoms with Crippen molar-refractivity contribution in [2.45, 2.75) is 187 Å². The highest BCUT2D eigenvalue weighted by molar-refractivity contribution is 7.45. The molecule has 1 unspecified atom stereocenters. The van der Waals surface area contributed by atoms with Crippen molar-refractivity contribution >= 4 is 19.8 Å². The molecule has 1 fully saturated rings. The number of rotatable bonds is 35. The maximum absolute atomic E-state index is 12.8. The molecule has 0 saturated heterocycles. The van der Waals surface area contributed by atoms with Gasteiger partial charge in [0.2, 0.25) is 0 Å². The van der Waals surface area contributed by atoms with Gasteiger partial charge in [-0.1, -0.05) is 95.9 Å². The number of aliphatic hydroxyl groups is 3. The lowest BCUT2D eigenvalue weighted by Crippen LogP contribution is -2.37. The minimum Gasteiger partial charge on any atom is -0.756 e. The third-order valence-electron chi connectivity index (χ3n) is 11.7. The number of aliphatic hydroxyl groups excluding tert-OH is 3. The molecule has 7 atom stereocenters. The Kier molecular flexibility index (Phi) is 27.6. The third-order valence-corrected chi connectivity index (χ3v) is 12.7. The second-order valence-corrected chi connectivity index (χ2v) is 19.7. The summed E-state index contributed by atoms with van der Waals surface area (Å²) in [5, 5.41) is 31.4. The highest BCUT2D eigenvalue weighted by Gasteiger charge is 2.39. The minimum atomic E-state index is -4.70. The number of nitrogens with zero attached hydrogens (tertiary/aromatic N) is 1. The average Bonchev–Trinajstić information content (AvgIpc) is 3.63. The minimum absolute atomic E-state index is 0.0768. The van der Waals surface area contributed by atoms with E-state index in [0.29, 0.717) is 43.1 Å². The van der Waals surface area contributed by atoms with Gasteiger partial charge >= 0.3 is 11.9 Å². The highest BCUT2D eigenvalue weighted by atomic mass is 31.2. The Bertz CT molecular complexity index is 1500. The van der Waals surface area contributed by atoms with Crippen LogP contribution in [0.3, 0.4) is 0 Å². The van der Waals surface area contributed by atoms with Gasteiger partial charge < -0.3 is 47.6 Å². The SMILES string of the molecule is CCCCC[C@H](O)/C=C/[C@@H]1[C@@H](C/C=C/CCCC(=O)OC[C@H](COP(=O)([O-])OCC[N+](C)(C)C)OC(=O)CCCCCCCCCCc2oc(CCC)c(C)c2C)[C@@H](O)C[C@H]1O. The van der Waals surface area contributed by atoms with Crippen molar-refractivity contribution in [3.05, 3.63) is 47.0 Å².